The van der Waals surface area contributed by atoms with Gasteiger partial charge in [0.05, 0.1) is 5.75 Å². The van der Waals surface area contributed by atoms with Crippen molar-refractivity contribution >= 4 is 17.7 Å². The lowest BCUT2D eigenvalue weighted by atomic mass is 10.2. The summed E-state index contributed by atoms with van der Waals surface area (Å²) in [4.78, 5) is 12.9. The van der Waals surface area contributed by atoms with Gasteiger partial charge in [-0.25, -0.2) is 4.98 Å². The molecule has 100 valence electrons. The molecule has 0 aliphatic rings. The van der Waals surface area contributed by atoms with Crippen LogP contribution in [0.5, 0.6) is 0 Å². The Hall–Kier alpha value is -1.62. The predicted molar refractivity (Wildman–Crippen MR) is 80.7 cm³/mol. The average Bonchev–Trinajstić information content (AvgIpc) is 2.39. The number of benzene rings is 1. The maximum Gasteiger partial charge on any atom is 0.223 e. The Kier molecular flexibility index (Phi) is 4.74. The van der Waals surface area contributed by atoms with Crippen molar-refractivity contribution in [3.8, 4) is 11.4 Å². The van der Waals surface area contributed by atoms with Crippen molar-refractivity contribution < 1.29 is 0 Å². The van der Waals surface area contributed by atoms with E-state index in [9.17, 15) is 0 Å². The lowest BCUT2D eigenvalue weighted by Gasteiger charge is -2.06. The van der Waals surface area contributed by atoms with Crippen molar-refractivity contribution in [1.82, 2.24) is 15.0 Å². The molecule has 1 aromatic carbocycles. The largest absolute Gasteiger partial charge is 0.368 e. The van der Waals surface area contributed by atoms with Crippen molar-refractivity contribution in [2.75, 3.05) is 11.5 Å². The Balaban J connectivity index is 2.16. The van der Waals surface area contributed by atoms with E-state index < -0.39 is 0 Å². The summed E-state index contributed by atoms with van der Waals surface area (Å²) < 4.78 is 0. The zero-order chi connectivity index (χ0) is 13.7. The number of thioether (sulfide) groups is 1. The number of hydrogen-bond donors (Lipinski definition) is 1. The van der Waals surface area contributed by atoms with Crippen LogP contribution in [-0.4, -0.2) is 20.7 Å². The number of rotatable bonds is 5. The molecule has 0 spiro atoms. The predicted octanol–water partition coefficient (Wildman–Crippen LogP) is 3.01. The number of anilines is 1. The van der Waals surface area contributed by atoms with E-state index in [0.29, 0.717) is 11.7 Å². The lowest BCUT2D eigenvalue weighted by Crippen LogP contribution is -2.04. The molecular formula is C14H18N4S. The first-order valence-electron chi connectivity index (χ1n) is 6.28. The van der Waals surface area contributed by atoms with Crippen LogP contribution in [0.2, 0.25) is 0 Å². The minimum atomic E-state index is 0.286. The van der Waals surface area contributed by atoms with Crippen molar-refractivity contribution in [2.24, 2.45) is 5.92 Å². The van der Waals surface area contributed by atoms with E-state index in [0.717, 1.165) is 22.9 Å². The molecule has 0 saturated heterocycles. The third-order valence-electron chi connectivity index (χ3n) is 2.41. The van der Waals surface area contributed by atoms with E-state index >= 15 is 0 Å². The molecule has 2 rings (SSSR count). The first-order valence-corrected chi connectivity index (χ1v) is 7.44. The van der Waals surface area contributed by atoms with Crippen molar-refractivity contribution in [3.63, 3.8) is 0 Å². The Bertz CT molecular complexity index is 528. The third-order valence-corrected chi connectivity index (χ3v) is 3.78. The monoisotopic (exact) mass is 274 g/mol. The molecule has 1 heterocycles. The fourth-order valence-electron chi connectivity index (χ4n) is 1.60. The second-order valence-electron chi connectivity index (χ2n) is 4.71. The molecule has 2 N–H and O–H groups in total. The van der Waals surface area contributed by atoms with Gasteiger partial charge in [0.1, 0.15) is 5.82 Å². The topological polar surface area (TPSA) is 64.7 Å². The average molecular weight is 274 g/mol. The van der Waals surface area contributed by atoms with Crippen LogP contribution in [0.25, 0.3) is 11.4 Å². The van der Waals surface area contributed by atoms with Crippen molar-refractivity contribution in [2.45, 2.75) is 19.6 Å². The van der Waals surface area contributed by atoms with Crippen LogP contribution in [0.4, 0.5) is 5.95 Å². The quantitative estimate of drug-likeness (QED) is 0.908. The zero-order valence-electron chi connectivity index (χ0n) is 11.2. The summed E-state index contributed by atoms with van der Waals surface area (Å²) >= 11 is 1.82. The molecule has 1 aromatic heterocycles. The summed E-state index contributed by atoms with van der Waals surface area (Å²) in [5.41, 5.74) is 6.72. The van der Waals surface area contributed by atoms with Crippen molar-refractivity contribution in [3.05, 3.63) is 36.2 Å². The highest BCUT2D eigenvalue weighted by Crippen LogP contribution is 2.18. The molecule has 19 heavy (non-hydrogen) atoms. The summed E-state index contributed by atoms with van der Waals surface area (Å²) in [5.74, 6) is 4.20. The van der Waals surface area contributed by atoms with Gasteiger partial charge >= 0.3 is 0 Å². The first-order chi connectivity index (χ1) is 9.15. The summed E-state index contributed by atoms with van der Waals surface area (Å²) in [6, 6.07) is 9.83. The highest BCUT2D eigenvalue weighted by Gasteiger charge is 2.07. The molecule has 0 bridgehead atoms. The Labute approximate surface area is 117 Å². The smallest absolute Gasteiger partial charge is 0.223 e. The molecule has 5 heteroatoms. The number of nitrogens with two attached hydrogens (primary N) is 1. The van der Waals surface area contributed by atoms with Crippen LogP contribution in [0.15, 0.2) is 30.3 Å². The highest BCUT2D eigenvalue weighted by molar-refractivity contribution is 7.98. The summed E-state index contributed by atoms with van der Waals surface area (Å²) in [6.45, 7) is 4.40. The SMILES string of the molecule is CC(C)CSCc1nc(N)nc(-c2ccccc2)n1. The first kappa shape index (κ1) is 13.8. The second-order valence-corrected chi connectivity index (χ2v) is 5.74. The number of aromatic nitrogens is 3. The van der Waals surface area contributed by atoms with Gasteiger partial charge in [0.15, 0.2) is 5.82 Å². The van der Waals surface area contributed by atoms with Gasteiger partial charge in [-0.2, -0.15) is 21.7 Å². The molecule has 0 radical (unpaired) electrons. The van der Waals surface area contributed by atoms with E-state index in [1.165, 1.54) is 0 Å². The van der Waals surface area contributed by atoms with Gasteiger partial charge in [0.2, 0.25) is 5.95 Å². The van der Waals surface area contributed by atoms with Gasteiger partial charge in [0, 0.05) is 5.56 Å². The number of nitrogens with zero attached hydrogens (tertiary/aromatic N) is 3. The molecule has 0 aliphatic heterocycles. The molecule has 0 aliphatic carbocycles. The van der Waals surface area contributed by atoms with Crippen LogP contribution in [0.3, 0.4) is 0 Å². The van der Waals surface area contributed by atoms with Crippen LogP contribution >= 0.6 is 11.8 Å². The van der Waals surface area contributed by atoms with Gasteiger partial charge in [-0.15, -0.1) is 0 Å². The molecule has 0 atom stereocenters. The van der Waals surface area contributed by atoms with Gasteiger partial charge in [-0.3, -0.25) is 0 Å². The standard InChI is InChI=1S/C14H18N4S/c1-10(2)8-19-9-12-16-13(18-14(15)17-12)11-6-4-3-5-7-11/h3-7,10H,8-9H2,1-2H3,(H2,15,16,17,18). The lowest BCUT2D eigenvalue weighted by molar-refractivity contribution is 0.749. The Morgan fingerprint density at radius 3 is 2.53 bits per heavy atom. The maximum absolute atomic E-state index is 5.76. The van der Waals surface area contributed by atoms with Crippen LogP contribution in [0.1, 0.15) is 19.7 Å². The fourth-order valence-corrected chi connectivity index (χ4v) is 2.51. The van der Waals surface area contributed by atoms with Gasteiger partial charge < -0.3 is 5.73 Å². The summed E-state index contributed by atoms with van der Waals surface area (Å²) in [7, 11) is 0. The molecule has 0 saturated carbocycles. The molecule has 0 amide bonds. The molecule has 0 unspecified atom stereocenters. The summed E-state index contributed by atoms with van der Waals surface area (Å²) in [5, 5.41) is 0. The number of hydrogen-bond acceptors (Lipinski definition) is 5. The van der Waals surface area contributed by atoms with Gasteiger partial charge in [-0.1, -0.05) is 44.2 Å². The maximum atomic E-state index is 5.76. The molecular weight excluding hydrogens is 256 g/mol. The minimum absolute atomic E-state index is 0.286. The van der Waals surface area contributed by atoms with E-state index in [-0.39, 0.29) is 5.95 Å². The second kappa shape index (κ2) is 6.52. The van der Waals surface area contributed by atoms with E-state index in [4.69, 9.17) is 5.73 Å². The van der Waals surface area contributed by atoms with E-state index in [2.05, 4.69) is 28.8 Å². The van der Waals surface area contributed by atoms with Crippen LogP contribution in [0, 0.1) is 5.92 Å². The number of nitrogen functional groups attached to an aromatic ring is 1. The van der Waals surface area contributed by atoms with Gasteiger partial charge in [-0.05, 0) is 11.7 Å². The van der Waals surface area contributed by atoms with E-state index in [1.807, 2.05) is 42.1 Å². The van der Waals surface area contributed by atoms with E-state index in [1.54, 1.807) is 0 Å². The molecule has 0 fully saturated rings. The van der Waals surface area contributed by atoms with Crippen LogP contribution < -0.4 is 5.73 Å². The van der Waals surface area contributed by atoms with Gasteiger partial charge in [0.25, 0.3) is 0 Å². The Morgan fingerprint density at radius 1 is 1.11 bits per heavy atom. The minimum Gasteiger partial charge on any atom is -0.368 e. The normalized spacial score (nSPS) is 10.9. The summed E-state index contributed by atoms with van der Waals surface area (Å²) in [6.07, 6.45) is 0. The molecule has 2 aromatic rings. The molecule has 4 nitrogen and oxygen atoms in total. The van der Waals surface area contributed by atoms with Crippen molar-refractivity contribution in [1.29, 1.82) is 0 Å². The fraction of sp³-hybridized carbons (Fsp3) is 0.357. The zero-order valence-corrected chi connectivity index (χ0v) is 12.0. The van der Waals surface area contributed by atoms with Crippen LogP contribution in [-0.2, 0) is 5.75 Å². The highest BCUT2D eigenvalue weighted by atomic mass is 32.2. The Morgan fingerprint density at radius 2 is 1.84 bits per heavy atom. The third kappa shape index (κ3) is 4.21.